The van der Waals surface area contributed by atoms with E-state index in [1.807, 2.05) is 0 Å². The predicted octanol–water partition coefficient (Wildman–Crippen LogP) is -3.12. The van der Waals surface area contributed by atoms with E-state index >= 15 is 0 Å². The van der Waals surface area contributed by atoms with Gasteiger partial charge in [-0.25, -0.2) is 0 Å². The lowest BCUT2D eigenvalue weighted by molar-refractivity contribution is -0.380. The molecular weight excluding hydrogens is 430 g/mol. The van der Waals surface area contributed by atoms with Crippen LogP contribution >= 0.6 is 0 Å². The lowest BCUT2D eigenvalue weighted by atomic mass is 9.93. The Morgan fingerprint density at radius 2 is 1.50 bits per heavy atom. The van der Waals surface area contributed by atoms with Crippen LogP contribution in [0, 0.1) is 0 Å². The number of ether oxygens (including phenoxy) is 3. The molecule has 2 rings (SSSR count). The number of hydrogen-bond donors (Lipinski definition) is 9. The maximum Gasteiger partial charge on any atom is 0.189 e. The molecule has 12 nitrogen and oxygen atoms in total. The van der Waals surface area contributed by atoms with Gasteiger partial charge in [0.2, 0.25) is 0 Å². The number of aliphatic hydroxyl groups is 8. The van der Waals surface area contributed by atoms with Crippen molar-refractivity contribution in [1.29, 1.82) is 0 Å². The van der Waals surface area contributed by atoms with Crippen LogP contribution in [0.15, 0.2) is 0 Å². The number of rotatable bonds is 12. The Labute approximate surface area is 187 Å². The topological polar surface area (TPSA) is 202 Å². The van der Waals surface area contributed by atoms with Gasteiger partial charge in [-0.15, -0.1) is 0 Å². The van der Waals surface area contributed by atoms with Gasteiger partial charge in [0, 0.05) is 0 Å². The highest BCUT2D eigenvalue weighted by Gasteiger charge is 2.55. The first-order valence-corrected chi connectivity index (χ1v) is 11.3. The van der Waals surface area contributed by atoms with Crippen LogP contribution in [0.25, 0.3) is 0 Å². The molecule has 190 valence electrons. The van der Waals surface area contributed by atoms with Gasteiger partial charge in [0.25, 0.3) is 0 Å². The standard InChI is InChI=1S/C20H39NO11/c1-2-3-4-5-6-7-8-21-20(10-23)17(28)13(25)15(27)19(32-20)31-16-11(9-22)30-18(29)14(26)12(16)24/h11-19,21-29H,2-10H2,1H3/t11-,12-,13-,14-,15-,16-,17-,18-,19+,20-/m1/s1. The highest BCUT2D eigenvalue weighted by molar-refractivity contribution is 4.99. The molecule has 0 unspecified atom stereocenters. The number of nitrogens with one attached hydrogen (secondary N) is 1. The van der Waals surface area contributed by atoms with Crippen LogP contribution in [0.5, 0.6) is 0 Å². The van der Waals surface area contributed by atoms with Crippen molar-refractivity contribution in [2.45, 2.75) is 106 Å². The van der Waals surface area contributed by atoms with Gasteiger partial charge in [0.1, 0.15) is 42.7 Å². The Morgan fingerprint density at radius 3 is 2.12 bits per heavy atom. The molecule has 2 aliphatic heterocycles. The smallest absolute Gasteiger partial charge is 0.189 e. The quantitative estimate of drug-likeness (QED) is 0.130. The number of hydrogen-bond acceptors (Lipinski definition) is 12. The highest BCUT2D eigenvalue weighted by Crippen LogP contribution is 2.32. The molecule has 0 amide bonds. The first-order chi connectivity index (χ1) is 15.2. The van der Waals surface area contributed by atoms with Crippen LogP contribution in [0.4, 0.5) is 0 Å². The maximum atomic E-state index is 10.5. The average molecular weight is 470 g/mol. The van der Waals surface area contributed by atoms with Gasteiger partial charge in [-0.05, 0) is 13.0 Å². The molecule has 0 aromatic rings. The molecule has 10 atom stereocenters. The maximum absolute atomic E-state index is 10.5. The predicted molar refractivity (Wildman–Crippen MR) is 109 cm³/mol. The van der Waals surface area contributed by atoms with E-state index in [0.717, 1.165) is 38.5 Å². The third-order valence-corrected chi connectivity index (χ3v) is 6.08. The van der Waals surface area contributed by atoms with Crippen LogP contribution < -0.4 is 5.32 Å². The summed E-state index contributed by atoms with van der Waals surface area (Å²) >= 11 is 0. The van der Waals surface area contributed by atoms with Gasteiger partial charge >= 0.3 is 0 Å². The second-order valence-electron chi connectivity index (χ2n) is 8.48. The van der Waals surface area contributed by atoms with Gasteiger partial charge in [-0.2, -0.15) is 0 Å². The first-order valence-electron chi connectivity index (χ1n) is 11.3. The van der Waals surface area contributed by atoms with Gasteiger partial charge in [-0.1, -0.05) is 39.0 Å². The van der Waals surface area contributed by atoms with Gasteiger partial charge in [0.05, 0.1) is 13.2 Å². The van der Waals surface area contributed by atoms with Crippen LogP contribution in [-0.4, -0.2) is 122 Å². The summed E-state index contributed by atoms with van der Waals surface area (Å²) in [7, 11) is 0. The Balaban J connectivity index is 2.06. The van der Waals surface area contributed by atoms with E-state index in [9.17, 15) is 40.9 Å². The van der Waals surface area contributed by atoms with Crippen molar-refractivity contribution in [3.8, 4) is 0 Å². The molecule has 0 aromatic heterocycles. The Hall–Kier alpha value is -0.480. The largest absolute Gasteiger partial charge is 0.394 e. The summed E-state index contributed by atoms with van der Waals surface area (Å²) in [5.74, 6) is 0. The van der Waals surface area contributed by atoms with Crippen molar-refractivity contribution in [3.05, 3.63) is 0 Å². The zero-order valence-corrected chi connectivity index (χ0v) is 18.4. The van der Waals surface area contributed by atoms with E-state index in [1.54, 1.807) is 0 Å². The van der Waals surface area contributed by atoms with Crippen molar-refractivity contribution >= 4 is 0 Å². The van der Waals surface area contributed by atoms with Crippen molar-refractivity contribution < 1.29 is 55.1 Å². The van der Waals surface area contributed by atoms with E-state index in [2.05, 4.69) is 12.2 Å². The van der Waals surface area contributed by atoms with E-state index in [1.165, 1.54) is 0 Å². The van der Waals surface area contributed by atoms with Crippen LogP contribution in [-0.2, 0) is 14.2 Å². The van der Waals surface area contributed by atoms with Crippen molar-refractivity contribution in [2.24, 2.45) is 0 Å². The lowest BCUT2D eigenvalue weighted by Crippen LogP contribution is -2.73. The molecule has 0 aromatic carbocycles. The van der Waals surface area contributed by atoms with Gasteiger partial charge < -0.3 is 55.1 Å². The fraction of sp³-hybridized carbons (Fsp3) is 1.00. The molecule has 2 saturated heterocycles. The average Bonchev–Trinajstić information content (AvgIpc) is 2.79. The minimum Gasteiger partial charge on any atom is -0.394 e. The van der Waals surface area contributed by atoms with E-state index in [-0.39, 0.29) is 0 Å². The summed E-state index contributed by atoms with van der Waals surface area (Å²) in [6.45, 7) is 1.01. The molecule has 2 aliphatic rings. The minimum atomic E-state index is -1.86. The molecular formula is C20H39NO11. The first kappa shape index (κ1) is 27.8. The zero-order chi connectivity index (χ0) is 23.9. The Morgan fingerprint density at radius 1 is 0.844 bits per heavy atom. The molecule has 0 aliphatic carbocycles. The molecule has 2 heterocycles. The zero-order valence-electron chi connectivity index (χ0n) is 18.4. The molecule has 32 heavy (non-hydrogen) atoms. The second kappa shape index (κ2) is 12.8. The number of aliphatic hydroxyl groups excluding tert-OH is 8. The highest BCUT2D eigenvalue weighted by atomic mass is 16.7. The second-order valence-corrected chi connectivity index (χ2v) is 8.48. The summed E-state index contributed by atoms with van der Waals surface area (Å²) in [6, 6.07) is 0. The van der Waals surface area contributed by atoms with Gasteiger partial charge in [0.15, 0.2) is 18.3 Å². The third-order valence-electron chi connectivity index (χ3n) is 6.08. The van der Waals surface area contributed by atoms with Crippen molar-refractivity contribution in [2.75, 3.05) is 19.8 Å². The molecule has 9 N–H and O–H groups in total. The van der Waals surface area contributed by atoms with E-state index in [4.69, 9.17) is 14.2 Å². The molecule has 12 heteroatoms. The third kappa shape index (κ3) is 6.34. The summed E-state index contributed by atoms with van der Waals surface area (Å²) in [4.78, 5) is 0. The van der Waals surface area contributed by atoms with E-state index < -0.39 is 74.2 Å². The molecule has 0 saturated carbocycles. The Kier molecular flexibility index (Phi) is 11.1. The Bertz CT molecular complexity index is 542. The minimum absolute atomic E-state index is 0.346. The summed E-state index contributed by atoms with van der Waals surface area (Å²) < 4.78 is 16.2. The van der Waals surface area contributed by atoms with Crippen molar-refractivity contribution in [1.82, 2.24) is 5.32 Å². The van der Waals surface area contributed by atoms with Crippen LogP contribution in [0.1, 0.15) is 45.4 Å². The fourth-order valence-corrected chi connectivity index (χ4v) is 4.01. The molecule has 2 fully saturated rings. The van der Waals surface area contributed by atoms with Crippen LogP contribution in [0.3, 0.4) is 0 Å². The van der Waals surface area contributed by atoms with Gasteiger partial charge in [-0.3, -0.25) is 5.32 Å². The monoisotopic (exact) mass is 469 g/mol. The SMILES string of the molecule is CCCCCCCCN[C@]1(CO)O[C@H](O[C@H]2[C@H](O)[C@@H](O)[C@H](O)O[C@@H]2CO)[C@H](O)[C@@H](O)[C@H]1O. The molecule has 0 bridgehead atoms. The lowest BCUT2D eigenvalue weighted by Gasteiger charge is -2.50. The van der Waals surface area contributed by atoms with Crippen molar-refractivity contribution in [3.63, 3.8) is 0 Å². The molecule has 0 radical (unpaired) electrons. The van der Waals surface area contributed by atoms with Crippen LogP contribution in [0.2, 0.25) is 0 Å². The normalized spacial score (nSPS) is 42.8. The summed E-state index contributed by atoms with van der Waals surface area (Å²) in [6.07, 6.45) is -8.82. The molecule has 0 spiro atoms. The summed E-state index contributed by atoms with van der Waals surface area (Å²) in [5, 5.41) is 83.2. The summed E-state index contributed by atoms with van der Waals surface area (Å²) in [5.41, 5.74) is -1.86. The fourth-order valence-electron chi connectivity index (χ4n) is 4.01. The number of unbranched alkanes of at least 4 members (excludes halogenated alkanes) is 5. The van der Waals surface area contributed by atoms with E-state index in [0.29, 0.717) is 6.54 Å².